The van der Waals surface area contributed by atoms with E-state index in [-0.39, 0.29) is 18.1 Å². The van der Waals surface area contributed by atoms with Gasteiger partial charge in [0.1, 0.15) is 6.04 Å². The number of nitrogens with one attached hydrogen (secondary N) is 1. The second-order valence-electron chi connectivity index (χ2n) is 4.25. The van der Waals surface area contributed by atoms with Crippen molar-refractivity contribution in [2.24, 2.45) is 0 Å². The fourth-order valence-corrected chi connectivity index (χ4v) is 1.97. The highest BCUT2D eigenvalue weighted by molar-refractivity contribution is 5.75. The van der Waals surface area contributed by atoms with Crippen LogP contribution in [0.4, 0.5) is 0 Å². The topological polar surface area (TPSA) is 38.3 Å². The molecule has 0 saturated carbocycles. The quantitative estimate of drug-likeness (QED) is 0.755. The van der Waals surface area contributed by atoms with Gasteiger partial charge in [0.05, 0.1) is 6.61 Å². The first-order valence-corrected chi connectivity index (χ1v) is 6.70. The Labute approximate surface area is 110 Å². The number of hydrogen-bond acceptors (Lipinski definition) is 3. The maximum absolute atomic E-state index is 11.8. The average molecular weight is 249 g/mol. The molecule has 1 aromatic carbocycles. The van der Waals surface area contributed by atoms with Gasteiger partial charge >= 0.3 is 5.97 Å². The number of rotatable bonds is 7. The van der Waals surface area contributed by atoms with Crippen LogP contribution in [-0.2, 0) is 9.53 Å². The summed E-state index contributed by atoms with van der Waals surface area (Å²) in [5.74, 6) is -0.158. The van der Waals surface area contributed by atoms with Gasteiger partial charge in [-0.15, -0.1) is 0 Å². The number of carbonyl (C=O) groups is 1. The van der Waals surface area contributed by atoms with Gasteiger partial charge in [0.15, 0.2) is 0 Å². The summed E-state index contributed by atoms with van der Waals surface area (Å²) in [4.78, 5) is 11.8. The smallest absolute Gasteiger partial charge is 0.323 e. The van der Waals surface area contributed by atoms with E-state index in [0.29, 0.717) is 6.61 Å². The average Bonchev–Trinajstić information content (AvgIpc) is 2.41. The highest BCUT2D eigenvalue weighted by Gasteiger charge is 2.21. The lowest BCUT2D eigenvalue weighted by Gasteiger charge is -2.23. The van der Waals surface area contributed by atoms with E-state index in [0.717, 1.165) is 12.8 Å². The molecule has 0 aromatic heterocycles. The van der Waals surface area contributed by atoms with Crippen LogP contribution in [0.15, 0.2) is 30.3 Å². The molecule has 0 aliphatic heterocycles. The first kappa shape index (κ1) is 14.7. The minimum atomic E-state index is -0.227. The molecule has 100 valence electrons. The molecule has 0 spiro atoms. The molecule has 0 fully saturated rings. The molecule has 1 aromatic rings. The van der Waals surface area contributed by atoms with E-state index in [1.54, 1.807) is 0 Å². The van der Waals surface area contributed by atoms with Crippen molar-refractivity contribution >= 4 is 5.97 Å². The number of carbonyl (C=O) groups excluding carboxylic acids is 1. The van der Waals surface area contributed by atoms with E-state index < -0.39 is 0 Å². The van der Waals surface area contributed by atoms with Crippen molar-refractivity contribution in [2.45, 2.75) is 45.7 Å². The standard InChI is InChI=1S/C15H23NO2/c1-4-13(12-10-8-7-9-11-12)16-14(5-2)15(17)18-6-3/h7-11,13-14,16H,4-6H2,1-3H3/t13-,14-/m0/s1. The highest BCUT2D eigenvalue weighted by Crippen LogP contribution is 2.17. The lowest BCUT2D eigenvalue weighted by molar-refractivity contribution is -0.146. The van der Waals surface area contributed by atoms with Crippen molar-refractivity contribution in [3.63, 3.8) is 0 Å². The zero-order valence-corrected chi connectivity index (χ0v) is 11.5. The zero-order chi connectivity index (χ0) is 13.4. The molecule has 0 unspecified atom stereocenters. The molecule has 3 heteroatoms. The van der Waals surface area contributed by atoms with Crippen LogP contribution in [0.5, 0.6) is 0 Å². The summed E-state index contributed by atoms with van der Waals surface area (Å²) in [6.07, 6.45) is 1.68. The number of benzene rings is 1. The summed E-state index contributed by atoms with van der Waals surface area (Å²) in [5.41, 5.74) is 1.21. The number of hydrogen-bond donors (Lipinski definition) is 1. The Kier molecular flexibility index (Phi) is 6.44. The van der Waals surface area contributed by atoms with E-state index in [4.69, 9.17) is 4.74 Å². The third-order valence-corrected chi connectivity index (χ3v) is 2.99. The Balaban J connectivity index is 2.69. The van der Waals surface area contributed by atoms with E-state index in [2.05, 4.69) is 24.4 Å². The van der Waals surface area contributed by atoms with Gasteiger partial charge in [-0.05, 0) is 25.3 Å². The molecule has 1 rings (SSSR count). The van der Waals surface area contributed by atoms with Gasteiger partial charge in [-0.3, -0.25) is 10.1 Å². The Hall–Kier alpha value is -1.35. The largest absolute Gasteiger partial charge is 0.465 e. The summed E-state index contributed by atoms with van der Waals surface area (Å²) < 4.78 is 5.07. The normalized spacial score (nSPS) is 13.9. The van der Waals surface area contributed by atoms with Crippen LogP contribution in [0.2, 0.25) is 0 Å². The van der Waals surface area contributed by atoms with Gasteiger partial charge < -0.3 is 4.74 Å². The molecule has 1 N–H and O–H groups in total. The third-order valence-electron chi connectivity index (χ3n) is 2.99. The molecule has 0 radical (unpaired) electrons. The summed E-state index contributed by atoms with van der Waals surface area (Å²) in [6, 6.07) is 10.2. The first-order valence-electron chi connectivity index (χ1n) is 6.70. The minimum absolute atomic E-state index is 0.158. The third kappa shape index (κ3) is 4.15. The Morgan fingerprint density at radius 2 is 1.83 bits per heavy atom. The second kappa shape index (κ2) is 7.88. The molecule has 0 aliphatic rings. The molecule has 0 aliphatic carbocycles. The fraction of sp³-hybridized carbons (Fsp3) is 0.533. The molecule has 18 heavy (non-hydrogen) atoms. The maximum Gasteiger partial charge on any atom is 0.323 e. The van der Waals surface area contributed by atoms with Crippen molar-refractivity contribution in [1.29, 1.82) is 0 Å². The van der Waals surface area contributed by atoms with Crippen LogP contribution in [0.3, 0.4) is 0 Å². The predicted molar refractivity (Wildman–Crippen MR) is 73.3 cm³/mol. The molecule has 0 bridgehead atoms. The molecule has 3 nitrogen and oxygen atoms in total. The van der Waals surface area contributed by atoms with Gasteiger partial charge in [0.25, 0.3) is 0 Å². The van der Waals surface area contributed by atoms with E-state index in [1.165, 1.54) is 5.56 Å². The van der Waals surface area contributed by atoms with Crippen LogP contribution in [0.1, 0.15) is 45.2 Å². The summed E-state index contributed by atoms with van der Waals surface area (Å²) >= 11 is 0. The predicted octanol–water partition coefficient (Wildman–Crippen LogP) is 3.07. The Morgan fingerprint density at radius 3 is 2.33 bits per heavy atom. The molecular formula is C15H23NO2. The van der Waals surface area contributed by atoms with Gasteiger partial charge in [-0.25, -0.2) is 0 Å². The Morgan fingerprint density at radius 1 is 1.17 bits per heavy atom. The van der Waals surface area contributed by atoms with Crippen LogP contribution in [-0.4, -0.2) is 18.6 Å². The number of ether oxygens (including phenoxy) is 1. The molecular weight excluding hydrogens is 226 g/mol. The van der Waals surface area contributed by atoms with Gasteiger partial charge in [0.2, 0.25) is 0 Å². The minimum Gasteiger partial charge on any atom is -0.465 e. The van der Waals surface area contributed by atoms with Crippen LogP contribution in [0, 0.1) is 0 Å². The lowest BCUT2D eigenvalue weighted by atomic mass is 10.0. The van der Waals surface area contributed by atoms with Crippen LogP contribution < -0.4 is 5.32 Å². The number of esters is 1. The molecule has 0 heterocycles. The lowest BCUT2D eigenvalue weighted by Crippen LogP contribution is -2.39. The molecule has 0 amide bonds. The van der Waals surface area contributed by atoms with E-state index >= 15 is 0 Å². The van der Waals surface area contributed by atoms with Crippen LogP contribution in [0.25, 0.3) is 0 Å². The second-order valence-corrected chi connectivity index (χ2v) is 4.25. The zero-order valence-electron chi connectivity index (χ0n) is 11.5. The molecule has 2 atom stereocenters. The van der Waals surface area contributed by atoms with Crippen molar-refractivity contribution in [3.05, 3.63) is 35.9 Å². The fourth-order valence-electron chi connectivity index (χ4n) is 1.97. The van der Waals surface area contributed by atoms with Crippen molar-refractivity contribution < 1.29 is 9.53 Å². The SMILES string of the molecule is CCOC(=O)[C@H](CC)N[C@@H](CC)c1ccccc1. The van der Waals surface area contributed by atoms with Crippen molar-refractivity contribution in [3.8, 4) is 0 Å². The van der Waals surface area contributed by atoms with Gasteiger partial charge in [0, 0.05) is 6.04 Å². The summed E-state index contributed by atoms with van der Waals surface area (Å²) in [7, 11) is 0. The Bertz CT molecular complexity index is 351. The molecule has 0 saturated heterocycles. The van der Waals surface area contributed by atoms with E-state index in [9.17, 15) is 4.79 Å². The van der Waals surface area contributed by atoms with Gasteiger partial charge in [-0.1, -0.05) is 44.2 Å². The monoisotopic (exact) mass is 249 g/mol. The summed E-state index contributed by atoms with van der Waals surface area (Å²) in [5, 5.41) is 3.38. The van der Waals surface area contributed by atoms with Crippen molar-refractivity contribution in [1.82, 2.24) is 5.32 Å². The van der Waals surface area contributed by atoms with Crippen LogP contribution >= 0.6 is 0 Å². The van der Waals surface area contributed by atoms with E-state index in [1.807, 2.05) is 32.0 Å². The van der Waals surface area contributed by atoms with Crippen molar-refractivity contribution in [2.75, 3.05) is 6.61 Å². The highest BCUT2D eigenvalue weighted by atomic mass is 16.5. The maximum atomic E-state index is 11.8. The summed E-state index contributed by atoms with van der Waals surface area (Å²) in [6.45, 7) is 6.37. The first-order chi connectivity index (χ1) is 8.72. The van der Waals surface area contributed by atoms with Gasteiger partial charge in [-0.2, -0.15) is 0 Å².